The van der Waals surface area contributed by atoms with Gasteiger partial charge in [-0.25, -0.2) is 9.78 Å². The Morgan fingerprint density at radius 2 is 1.80 bits per heavy atom. The van der Waals surface area contributed by atoms with Gasteiger partial charge in [0.2, 0.25) is 0 Å². The smallest absolute Gasteiger partial charge is 0.416 e. The van der Waals surface area contributed by atoms with Gasteiger partial charge in [-0.1, -0.05) is 0 Å². The van der Waals surface area contributed by atoms with Crippen LogP contribution in [0, 0.1) is 0 Å². The van der Waals surface area contributed by atoms with Gasteiger partial charge in [0.1, 0.15) is 16.2 Å². The van der Waals surface area contributed by atoms with Crippen molar-refractivity contribution in [3.8, 4) is 0 Å². The second-order valence-corrected chi connectivity index (χ2v) is 8.53. The lowest BCUT2D eigenvalue weighted by molar-refractivity contribution is -0.137. The van der Waals surface area contributed by atoms with E-state index in [0.29, 0.717) is 16.0 Å². The molecule has 0 radical (unpaired) electrons. The summed E-state index contributed by atoms with van der Waals surface area (Å²) in [6.45, 7) is 5.08. The first-order valence-corrected chi connectivity index (χ1v) is 9.80. The minimum Gasteiger partial charge on any atom is -0.444 e. The number of halogens is 4. The zero-order chi connectivity index (χ0) is 22.3. The number of fused-ring (bicyclic) bond motifs is 1. The molecule has 1 atom stereocenters. The lowest BCUT2D eigenvalue weighted by atomic mass is 10.0. The monoisotopic (exact) mass is 485 g/mol. The third-order valence-electron chi connectivity index (χ3n) is 4.22. The van der Waals surface area contributed by atoms with Gasteiger partial charge < -0.3 is 10.1 Å². The summed E-state index contributed by atoms with van der Waals surface area (Å²) in [4.78, 5) is 31.0. The second-order valence-electron chi connectivity index (χ2n) is 7.72. The number of nitrogens with one attached hydrogen (secondary N) is 1. The Morgan fingerprint density at radius 3 is 2.37 bits per heavy atom. The van der Waals surface area contributed by atoms with Crippen LogP contribution in [-0.2, 0) is 22.1 Å². The average Bonchev–Trinajstić information content (AvgIpc) is 2.60. The van der Waals surface area contributed by atoms with Gasteiger partial charge in [0.15, 0.2) is 0 Å². The van der Waals surface area contributed by atoms with Gasteiger partial charge in [-0.05, 0) is 73.1 Å². The molecule has 1 unspecified atom stereocenters. The number of hydrogen-bond acceptors (Lipinski definition) is 4. The summed E-state index contributed by atoms with van der Waals surface area (Å²) in [6, 6.07) is 6.51. The van der Waals surface area contributed by atoms with E-state index < -0.39 is 35.4 Å². The summed E-state index contributed by atoms with van der Waals surface area (Å²) in [6.07, 6.45) is -5.15. The molecule has 3 rings (SSSR count). The van der Waals surface area contributed by atoms with E-state index in [9.17, 15) is 22.8 Å². The molecule has 2 amide bonds. The molecule has 30 heavy (non-hydrogen) atoms. The summed E-state index contributed by atoms with van der Waals surface area (Å²) in [5, 5.41) is 2.53. The van der Waals surface area contributed by atoms with Crippen molar-refractivity contribution < 1.29 is 27.5 Å². The Kier molecular flexibility index (Phi) is 5.81. The maximum Gasteiger partial charge on any atom is 0.416 e. The summed E-state index contributed by atoms with van der Waals surface area (Å²) in [5.41, 5.74) is -0.411. The highest BCUT2D eigenvalue weighted by Crippen LogP contribution is 2.36. The maximum absolute atomic E-state index is 13.2. The first kappa shape index (κ1) is 22.1. The number of ether oxygens (including phenoxy) is 1. The molecular formula is C20H19BrF3N3O3. The van der Waals surface area contributed by atoms with E-state index in [2.05, 4.69) is 26.2 Å². The lowest BCUT2D eigenvalue weighted by Gasteiger charge is -2.34. The number of pyridine rings is 1. The SMILES string of the molecule is CC(C)(C)OC(=O)NC1Cc2nc(Br)ccc2N(c2ccc(C(F)(F)F)cc2)C1=O. The Bertz CT molecular complexity index is 972. The number of benzene rings is 1. The highest BCUT2D eigenvalue weighted by Gasteiger charge is 2.37. The van der Waals surface area contributed by atoms with Gasteiger partial charge in [0.25, 0.3) is 5.91 Å². The molecule has 1 aliphatic heterocycles. The normalized spacial score (nSPS) is 16.8. The van der Waals surface area contributed by atoms with E-state index in [1.807, 2.05) is 0 Å². The predicted molar refractivity (Wildman–Crippen MR) is 107 cm³/mol. The van der Waals surface area contributed by atoms with Gasteiger partial charge in [0, 0.05) is 12.1 Å². The van der Waals surface area contributed by atoms with Crippen LogP contribution in [0.2, 0.25) is 0 Å². The van der Waals surface area contributed by atoms with Crippen molar-refractivity contribution >= 4 is 39.3 Å². The number of alkyl carbamates (subject to hydrolysis) is 1. The quantitative estimate of drug-likeness (QED) is 0.609. The van der Waals surface area contributed by atoms with Crippen LogP contribution in [0.1, 0.15) is 32.0 Å². The largest absolute Gasteiger partial charge is 0.444 e. The second kappa shape index (κ2) is 7.90. The summed E-state index contributed by atoms with van der Waals surface area (Å²) >= 11 is 3.27. The molecule has 1 aromatic heterocycles. The van der Waals surface area contributed by atoms with Gasteiger partial charge >= 0.3 is 12.3 Å². The minimum atomic E-state index is -4.49. The number of aromatic nitrogens is 1. The van der Waals surface area contributed by atoms with Crippen LogP contribution in [0.3, 0.4) is 0 Å². The van der Waals surface area contributed by atoms with Crippen LogP contribution in [0.5, 0.6) is 0 Å². The molecule has 160 valence electrons. The topological polar surface area (TPSA) is 71.5 Å². The highest BCUT2D eigenvalue weighted by atomic mass is 79.9. The molecule has 2 heterocycles. The van der Waals surface area contributed by atoms with Crippen LogP contribution in [0.25, 0.3) is 0 Å². The predicted octanol–water partition coefficient (Wildman–Crippen LogP) is 4.98. The molecule has 0 aliphatic carbocycles. The number of carbonyl (C=O) groups excluding carboxylic acids is 2. The first-order chi connectivity index (χ1) is 13.8. The average molecular weight is 486 g/mol. The number of amides is 2. The third-order valence-corrected chi connectivity index (χ3v) is 4.66. The number of carbonyl (C=O) groups is 2. The fourth-order valence-corrected chi connectivity index (χ4v) is 3.35. The van der Waals surface area contributed by atoms with Crippen LogP contribution in [-0.4, -0.2) is 28.6 Å². The number of rotatable bonds is 2. The molecular weight excluding hydrogens is 467 g/mol. The number of alkyl halides is 3. The molecule has 0 bridgehead atoms. The summed E-state index contributed by atoms with van der Waals surface area (Å²) in [7, 11) is 0. The van der Waals surface area contributed by atoms with E-state index in [1.165, 1.54) is 17.0 Å². The molecule has 0 fully saturated rings. The molecule has 0 saturated heterocycles. The van der Waals surface area contributed by atoms with Crippen molar-refractivity contribution in [2.45, 2.75) is 45.0 Å². The lowest BCUT2D eigenvalue weighted by Crippen LogP contribution is -2.52. The van der Waals surface area contributed by atoms with Crippen molar-refractivity contribution in [2.75, 3.05) is 4.90 Å². The molecule has 6 nitrogen and oxygen atoms in total. The van der Waals surface area contributed by atoms with Gasteiger partial charge in [-0.15, -0.1) is 0 Å². The molecule has 1 aromatic carbocycles. The third kappa shape index (κ3) is 4.92. The Balaban J connectivity index is 1.97. The number of anilines is 2. The first-order valence-electron chi connectivity index (χ1n) is 9.01. The van der Waals surface area contributed by atoms with Crippen molar-refractivity contribution in [1.82, 2.24) is 10.3 Å². The van der Waals surface area contributed by atoms with E-state index >= 15 is 0 Å². The van der Waals surface area contributed by atoms with Crippen LogP contribution >= 0.6 is 15.9 Å². The van der Waals surface area contributed by atoms with E-state index in [-0.39, 0.29) is 12.1 Å². The molecule has 10 heteroatoms. The molecule has 2 aromatic rings. The summed E-state index contributed by atoms with van der Waals surface area (Å²) < 4.78 is 44.5. The Morgan fingerprint density at radius 1 is 1.17 bits per heavy atom. The fourth-order valence-electron chi connectivity index (χ4n) is 3.00. The van der Waals surface area contributed by atoms with E-state index in [0.717, 1.165) is 12.1 Å². The van der Waals surface area contributed by atoms with Crippen LogP contribution < -0.4 is 10.2 Å². The zero-order valence-electron chi connectivity index (χ0n) is 16.4. The Labute approximate surface area is 179 Å². The van der Waals surface area contributed by atoms with Crippen LogP contribution in [0.4, 0.5) is 29.3 Å². The van der Waals surface area contributed by atoms with Gasteiger partial charge in [-0.3, -0.25) is 9.69 Å². The van der Waals surface area contributed by atoms with Gasteiger partial charge in [-0.2, -0.15) is 13.2 Å². The number of hydrogen-bond donors (Lipinski definition) is 1. The van der Waals surface area contributed by atoms with Crippen molar-refractivity contribution in [3.05, 3.63) is 52.3 Å². The molecule has 0 spiro atoms. The molecule has 0 saturated carbocycles. The van der Waals surface area contributed by atoms with E-state index in [1.54, 1.807) is 32.9 Å². The van der Waals surface area contributed by atoms with Crippen molar-refractivity contribution in [3.63, 3.8) is 0 Å². The maximum atomic E-state index is 13.2. The number of nitrogens with zero attached hydrogens (tertiary/aromatic N) is 2. The minimum absolute atomic E-state index is 0.115. The van der Waals surface area contributed by atoms with Crippen molar-refractivity contribution in [2.24, 2.45) is 0 Å². The zero-order valence-corrected chi connectivity index (χ0v) is 18.0. The van der Waals surface area contributed by atoms with Gasteiger partial charge in [0.05, 0.1) is 16.9 Å². The molecule has 1 N–H and O–H groups in total. The summed E-state index contributed by atoms with van der Waals surface area (Å²) in [5.74, 6) is -0.503. The molecule has 1 aliphatic rings. The fraction of sp³-hybridized carbons (Fsp3) is 0.350. The highest BCUT2D eigenvalue weighted by molar-refractivity contribution is 9.10. The Hall–Kier alpha value is -2.62. The standard InChI is InChI=1S/C20H19BrF3N3O3/c1-19(2,3)30-18(29)26-14-10-13-15(8-9-16(21)25-13)27(17(14)28)12-6-4-11(5-7-12)20(22,23)24/h4-9,14H,10H2,1-3H3,(H,26,29). The van der Waals surface area contributed by atoms with E-state index in [4.69, 9.17) is 4.74 Å². The van der Waals surface area contributed by atoms with Crippen LogP contribution in [0.15, 0.2) is 41.0 Å². The van der Waals surface area contributed by atoms with Crippen molar-refractivity contribution in [1.29, 1.82) is 0 Å².